The molecule has 0 saturated carbocycles. The Balaban J connectivity index is 2.81. The molecule has 1 unspecified atom stereocenters. The van der Waals surface area contributed by atoms with Gasteiger partial charge in [-0.2, -0.15) is 18.2 Å². The van der Waals surface area contributed by atoms with Crippen LogP contribution in [-0.4, -0.2) is 22.2 Å². The summed E-state index contributed by atoms with van der Waals surface area (Å²) in [5.74, 6) is -0.239. The minimum atomic E-state index is -4.35. The van der Waals surface area contributed by atoms with E-state index >= 15 is 0 Å². The zero-order valence-electron chi connectivity index (χ0n) is 7.64. The maximum atomic E-state index is 12.2. The van der Waals surface area contributed by atoms with E-state index in [1.807, 2.05) is 0 Å². The molecule has 0 aliphatic carbocycles. The average Bonchev–Trinajstić information content (AvgIpc) is 1.99. The molecule has 0 spiro atoms. The SMILES string of the molecule is CC(Nc1cc(Cl)nc(N)n1)C(F)(F)F. The standard InChI is InChI=1S/C7H8ClF3N4/c1-3(7(9,10)11)13-5-2-4(8)14-6(12)15-5/h2-3H,1H3,(H3,12,13,14,15). The molecule has 1 heterocycles. The summed E-state index contributed by atoms with van der Waals surface area (Å²) in [5, 5.41) is 2.11. The van der Waals surface area contributed by atoms with Gasteiger partial charge in [0.05, 0.1) is 0 Å². The molecule has 0 saturated heterocycles. The summed E-state index contributed by atoms with van der Waals surface area (Å²) in [5.41, 5.74) is 5.22. The Hall–Kier alpha value is -1.24. The summed E-state index contributed by atoms with van der Waals surface area (Å²) in [7, 11) is 0. The van der Waals surface area contributed by atoms with E-state index < -0.39 is 12.2 Å². The van der Waals surface area contributed by atoms with Crippen molar-refractivity contribution in [3.8, 4) is 0 Å². The van der Waals surface area contributed by atoms with Gasteiger partial charge in [-0.15, -0.1) is 0 Å². The Kier molecular flexibility index (Phi) is 3.23. The van der Waals surface area contributed by atoms with Crippen LogP contribution in [0.1, 0.15) is 6.92 Å². The molecule has 4 nitrogen and oxygen atoms in total. The van der Waals surface area contributed by atoms with Crippen LogP contribution in [0.2, 0.25) is 5.15 Å². The highest BCUT2D eigenvalue weighted by atomic mass is 35.5. The third-order valence-electron chi connectivity index (χ3n) is 1.57. The predicted octanol–water partition coefficient (Wildman–Crippen LogP) is 2.07. The van der Waals surface area contributed by atoms with E-state index in [9.17, 15) is 13.2 Å². The molecule has 84 valence electrons. The molecule has 1 atom stereocenters. The van der Waals surface area contributed by atoms with Gasteiger partial charge in [0.25, 0.3) is 0 Å². The van der Waals surface area contributed by atoms with Crippen molar-refractivity contribution in [1.29, 1.82) is 0 Å². The Labute approximate surface area is 88.7 Å². The Morgan fingerprint density at radius 1 is 1.47 bits per heavy atom. The van der Waals surface area contributed by atoms with Gasteiger partial charge in [0.2, 0.25) is 5.95 Å². The van der Waals surface area contributed by atoms with Crippen LogP contribution < -0.4 is 11.1 Å². The average molecular weight is 241 g/mol. The van der Waals surface area contributed by atoms with Crippen LogP contribution in [0.25, 0.3) is 0 Å². The topological polar surface area (TPSA) is 63.8 Å². The molecule has 1 aromatic heterocycles. The third kappa shape index (κ3) is 3.43. The number of alkyl halides is 3. The maximum absolute atomic E-state index is 12.2. The highest BCUT2D eigenvalue weighted by Gasteiger charge is 2.36. The summed E-state index contributed by atoms with van der Waals surface area (Å²) in [6.45, 7) is 0.964. The van der Waals surface area contributed by atoms with Crippen molar-refractivity contribution in [3.63, 3.8) is 0 Å². The minimum Gasteiger partial charge on any atom is -0.368 e. The highest BCUT2D eigenvalue weighted by molar-refractivity contribution is 6.29. The number of anilines is 2. The third-order valence-corrected chi connectivity index (χ3v) is 1.76. The van der Waals surface area contributed by atoms with Crippen LogP contribution in [0.4, 0.5) is 24.9 Å². The van der Waals surface area contributed by atoms with Crippen LogP contribution >= 0.6 is 11.6 Å². The molecule has 0 bridgehead atoms. The molecular weight excluding hydrogens is 233 g/mol. The first-order chi connectivity index (χ1) is 6.79. The molecule has 0 radical (unpaired) electrons. The molecule has 0 aliphatic rings. The molecule has 8 heteroatoms. The normalized spacial score (nSPS) is 13.7. The monoisotopic (exact) mass is 240 g/mol. The summed E-state index contributed by atoms with van der Waals surface area (Å²) in [6.07, 6.45) is -4.35. The fraction of sp³-hybridized carbons (Fsp3) is 0.429. The Morgan fingerprint density at radius 3 is 2.53 bits per heavy atom. The van der Waals surface area contributed by atoms with Crippen LogP contribution in [0.15, 0.2) is 6.07 Å². The number of halogens is 4. The number of rotatable bonds is 2. The van der Waals surface area contributed by atoms with Gasteiger partial charge in [0, 0.05) is 6.07 Å². The lowest BCUT2D eigenvalue weighted by Crippen LogP contribution is -2.33. The molecule has 0 aliphatic heterocycles. The maximum Gasteiger partial charge on any atom is 0.408 e. The fourth-order valence-electron chi connectivity index (χ4n) is 0.813. The number of nitrogens with two attached hydrogens (primary N) is 1. The second kappa shape index (κ2) is 4.09. The first-order valence-corrected chi connectivity index (χ1v) is 4.30. The van der Waals surface area contributed by atoms with Gasteiger partial charge in [0.1, 0.15) is 17.0 Å². The quantitative estimate of drug-likeness (QED) is 0.777. The van der Waals surface area contributed by atoms with E-state index in [0.29, 0.717) is 0 Å². The van der Waals surface area contributed by atoms with Gasteiger partial charge in [-0.1, -0.05) is 11.6 Å². The first-order valence-electron chi connectivity index (χ1n) is 3.92. The molecule has 15 heavy (non-hydrogen) atoms. The molecular formula is C7H8ClF3N4. The van der Waals surface area contributed by atoms with Crippen LogP contribution in [0.3, 0.4) is 0 Å². The number of nitrogen functional groups attached to an aromatic ring is 1. The van der Waals surface area contributed by atoms with E-state index in [1.165, 1.54) is 6.07 Å². The molecule has 0 fully saturated rings. The second-order valence-electron chi connectivity index (χ2n) is 2.84. The van der Waals surface area contributed by atoms with E-state index in [4.69, 9.17) is 17.3 Å². The van der Waals surface area contributed by atoms with Crippen LogP contribution in [0.5, 0.6) is 0 Å². The molecule has 1 aromatic rings. The fourth-order valence-corrected chi connectivity index (χ4v) is 1.00. The van der Waals surface area contributed by atoms with E-state index in [0.717, 1.165) is 6.92 Å². The lowest BCUT2D eigenvalue weighted by molar-refractivity contribution is -0.138. The molecule has 0 amide bonds. The first kappa shape index (κ1) is 11.8. The number of nitrogens with one attached hydrogen (secondary N) is 1. The Morgan fingerprint density at radius 2 is 2.07 bits per heavy atom. The molecule has 1 rings (SSSR count). The lowest BCUT2D eigenvalue weighted by atomic mass is 10.3. The van der Waals surface area contributed by atoms with E-state index in [-0.39, 0.29) is 16.9 Å². The lowest BCUT2D eigenvalue weighted by Gasteiger charge is -2.17. The van der Waals surface area contributed by atoms with Crippen molar-refractivity contribution >= 4 is 23.4 Å². The van der Waals surface area contributed by atoms with Crippen molar-refractivity contribution < 1.29 is 13.2 Å². The largest absolute Gasteiger partial charge is 0.408 e. The van der Waals surface area contributed by atoms with Gasteiger partial charge >= 0.3 is 6.18 Å². The van der Waals surface area contributed by atoms with Gasteiger partial charge in [-0.3, -0.25) is 0 Å². The predicted molar refractivity (Wildman–Crippen MR) is 50.6 cm³/mol. The zero-order chi connectivity index (χ0) is 11.6. The van der Waals surface area contributed by atoms with Crippen molar-refractivity contribution in [2.45, 2.75) is 19.1 Å². The van der Waals surface area contributed by atoms with E-state index in [2.05, 4.69) is 15.3 Å². The van der Waals surface area contributed by atoms with Crippen molar-refractivity contribution in [3.05, 3.63) is 11.2 Å². The summed E-state index contributed by atoms with van der Waals surface area (Å²) in [6, 6.07) is -0.567. The number of nitrogens with zero attached hydrogens (tertiary/aromatic N) is 2. The van der Waals surface area contributed by atoms with Gasteiger partial charge < -0.3 is 11.1 Å². The summed E-state index contributed by atoms with van der Waals surface area (Å²) < 4.78 is 36.5. The Bertz CT molecular complexity index is 334. The van der Waals surface area contributed by atoms with Crippen LogP contribution in [0, 0.1) is 0 Å². The number of hydrogen-bond donors (Lipinski definition) is 2. The van der Waals surface area contributed by atoms with Crippen LogP contribution in [-0.2, 0) is 0 Å². The van der Waals surface area contributed by atoms with Gasteiger partial charge in [-0.25, -0.2) is 4.98 Å². The minimum absolute atomic E-state index is 0.0145. The number of aromatic nitrogens is 2. The highest BCUT2D eigenvalue weighted by Crippen LogP contribution is 2.23. The van der Waals surface area contributed by atoms with E-state index in [1.54, 1.807) is 0 Å². The molecule has 0 aromatic carbocycles. The van der Waals surface area contributed by atoms with Crippen molar-refractivity contribution in [2.24, 2.45) is 0 Å². The second-order valence-corrected chi connectivity index (χ2v) is 3.23. The van der Waals surface area contributed by atoms with Crippen molar-refractivity contribution in [2.75, 3.05) is 11.1 Å². The molecule has 3 N–H and O–H groups in total. The summed E-state index contributed by atoms with van der Waals surface area (Å²) >= 11 is 5.50. The van der Waals surface area contributed by atoms with Gasteiger partial charge in [-0.05, 0) is 6.92 Å². The smallest absolute Gasteiger partial charge is 0.368 e. The van der Waals surface area contributed by atoms with Gasteiger partial charge in [0.15, 0.2) is 0 Å². The zero-order valence-corrected chi connectivity index (χ0v) is 8.39. The van der Waals surface area contributed by atoms with Crippen molar-refractivity contribution in [1.82, 2.24) is 9.97 Å². The number of hydrogen-bond acceptors (Lipinski definition) is 4. The summed E-state index contributed by atoms with van der Waals surface area (Å²) in [4.78, 5) is 7.07.